The van der Waals surface area contributed by atoms with Gasteiger partial charge < -0.3 is 28.8 Å². The number of hydrogen-bond acceptors (Lipinski definition) is 6. The van der Waals surface area contributed by atoms with Crippen molar-refractivity contribution in [2.45, 2.75) is 302 Å². The summed E-state index contributed by atoms with van der Waals surface area (Å²) in [6, 6.07) is -0.798. The van der Waals surface area contributed by atoms with Crippen molar-refractivity contribution in [2.75, 3.05) is 40.9 Å². The average Bonchev–Trinajstić information content (AvgIpc) is 3.33. The minimum Gasteiger partial charge on any atom is -0.756 e. The number of aliphatic hydroxyl groups is 1. The van der Waals surface area contributed by atoms with E-state index < -0.39 is 20.0 Å². The van der Waals surface area contributed by atoms with Crippen LogP contribution in [0.2, 0.25) is 0 Å². The van der Waals surface area contributed by atoms with Crippen LogP contribution in [0.25, 0.3) is 0 Å². The summed E-state index contributed by atoms with van der Waals surface area (Å²) in [7, 11) is 1.32. The molecule has 0 aromatic rings. The summed E-state index contributed by atoms with van der Waals surface area (Å²) in [4.78, 5) is 25.5. The number of nitrogens with zero attached hydrogens (tertiary/aromatic N) is 1. The lowest BCUT2D eigenvalue weighted by Crippen LogP contribution is -2.46. The number of quaternary nitrogens is 1. The van der Waals surface area contributed by atoms with E-state index in [9.17, 15) is 19.4 Å². The third-order valence-electron chi connectivity index (χ3n) is 13.8. The summed E-state index contributed by atoms with van der Waals surface area (Å²) < 4.78 is 23.4. The number of hydrogen-bond donors (Lipinski definition) is 2. The van der Waals surface area contributed by atoms with Crippen molar-refractivity contribution in [1.82, 2.24) is 5.32 Å². The fourth-order valence-corrected chi connectivity index (χ4v) is 9.82. The second-order valence-electron chi connectivity index (χ2n) is 22.0. The number of unbranched alkanes of at least 4 members (excludes halogenated alkanes) is 35. The minimum absolute atomic E-state index is 0.0137. The van der Waals surface area contributed by atoms with Crippen molar-refractivity contribution in [3.63, 3.8) is 0 Å². The molecular weight excluding hydrogens is 900 g/mol. The molecule has 0 heterocycles. The van der Waals surface area contributed by atoms with Gasteiger partial charge >= 0.3 is 0 Å². The van der Waals surface area contributed by atoms with Crippen molar-refractivity contribution in [1.29, 1.82) is 0 Å². The van der Waals surface area contributed by atoms with Crippen molar-refractivity contribution in [2.24, 2.45) is 0 Å². The average molecular weight is 1020 g/mol. The van der Waals surface area contributed by atoms with E-state index in [1.165, 1.54) is 199 Å². The molecule has 0 aromatic carbocycles. The summed E-state index contributed by atoms with van der Waals surface area (Å²) in [5, 5.41) is 14.0. The molecular formula is C62H119N2O6P. The molecule has 0 aliphatic rings. The zero-order valence-electron chi connectivity index (χ0n) is 47.7. The van der Waals surface area contributed by atoms with Gasteiger partial charge in [0.05, 0.1) is 39.9 Å². The first-order valence-corrected chi connectivity index (χ1v) is 31.9. The van der Waals surface area contributed by atoms with E-state index in [1.807, 2.05) is 21.1 Å². The fraction of sp³-hybridized carbons (Fsp3) is 0.855. The Balaban J connectivity index is 3.94. The quantitative estimate of drug-likeness (QED) is 0.0272. The molecule has 3 atom stereocenters. The number of carbonyl (C=O) groups excluding carboxylic acids is 1. The van der Waals surface area contributed by atoms with Gasteiger partial charge in [-0.3, -0.25) is 9.36 Å². The summed E-state index contributed by atoms with van der Waals surface area (Å²) >= 11 is 0. The molecule has 0 bridgehead atoms. The second-order valence-corrected chi connectivity index (χ2v) is 23.4. The van der Waals surface area contributed by atoms with Crippen LogP contribution in [0.3, 0.4) is 0 Å². The van der Waals surface area contributed by atoms with Crippen molar-refractivity contribution in [3.05, 3.63) is 48.6 Å². The Morgan fingerprint density at radius 3 is 1.25 bits per heavy atom. The number of phosphoric ester groups is 1. The topological polar surface area (TPSA) is 108 Å². The van der Waals surface area contributed by atoms with E-state index in [1.54, 1.807) is 0 Å². The Morgan fingerprint density at radius 2 is 0.859 bits per heavy atom. The predicted octanol–water partition coefficient (Wildman–Crippen LogP) is 18.1. The van der Waals surface area contributed by atoms with Gasteiger partial charge in [-0.1, -0.05) is 281 Å². The number of amides is 1. The van der Waals surface area contributed by atoms with Gasteiger partial charge in [0.15, 0.2) is 0 Å². The normalized spacial score (nSPS) is 14.2. The summed E-state index contributed by atoms with van der Waals surface area (Å²) in [5.74, 6) is -0.160. The largest absolute Gasteiger partial charge is 0.756 e. The van der Waals surface area contributed by atoms with Crippen LogP contribution in [0.4, 0.5) is 0 Å². The van der Waals surface area contributed by atoms with Crippen molar-refractivity contribution < 1.29 is 32.9 Å². The van der Waals surface area contributed by atoms with E-state index >= 15 is 0 Å². The van der Waals surface area contributed by atoms with Gasteiger partial charge in [-0.2, -0.15) is 0 Å². The van der Waals surface area contributed by atoms with Crippen LogP contribution in [0.15, 0.2) is 48.6 Å². The molecule has 0 radical (unpaired) electrons. The van der Waals surface area contributed by atoms with Crippen LogP contribution in [0.1, 0.15) is 290 Å². The lowest BCUT2D eigenvalue weighted by atomic mass is 10.0. The van der Waals surface area contributed by atoms with Crippen LogP contribution in [0, 0.1) is 0 Å². The van der Waals surface area contributed by atoms with Gasteiger partial charge in [-0.15, -0.1) is 0 Å². The van der Waals surface area contributed by atoms with E-state index in [0.29, 0.717) is 23.9 Å². The van der Waals surface area contributed by atoms with Crippen molar-refractivity contribution in [3.8, 4) is 0 Å². The predicted molar refractivity (Wildman–Crippen MR) is 307 cm³/mol. The van der Waals surface area contributed by atoms with E-state index in [2.05, 4.69) is 67.8 Å². The Labute approximate surface area is 441 Å². The van der Waals surface area contributed by atoms with Crippen LogP contribution in [-0.4, -0.2) is 68.5 Å². The lowest BCUT2D eigenvalue weighted by Gasteiger charge is -2.30. The maximum atomic E-state index is 13.0. The first kappa shape index (κ1) is 69.5. The van der Waals surface area contributed by atoms with Crippen LogP contribution < -0.4 is 10.2 Å². The maximum Gasteiger partial charge on any atom is 0.268 e. The molecule has 0 saturated heterocycles. The SMILES string of the molecule is CC/C=C\C/C=C\C/C=C\C/C=C\CCCCCCCCCCCCCCCCCCCCCCCCC(=O)NC(COP(=O)([O-])OCC[N+](C)(C)C)C(O)CCCCCCCCCCCCCCCC. The van der Waals surface area contributed by atoms with Gasteiger partial charge in [-0.05, 0) is 51.4 Å². The summed E-state index contributed by atoms with van der Waals surface area (Å²) in [6.45, 7) is 4.63. The summed E-state index contributed by atoms with van der Waals surface area (Å²) in [6.07, 6.45) is 70.2. The number of carbonyl (C=O) groups is 1. The number of rotatable bonds is 56. The molecule has 1 amide bonds. The molecule has 0 spiro atoms. The first-order valence-electron chi connectivity index (χ1n) is 30.5. The molecule has 0 fully saturated rings. The van der Waals surface area contributed by atoms with Crippen molar-refractivity contribution >= 4 is 13.7 Å². The van der Waals surface area contributed by atoms with E-state index in [-0.39, 0.29) is 19.1 Å². The Kier molecular flexibility index (Phi) is 52.1. The minimum atomic E-state index is -4.57. The maximum absolute atomic E-state index is 13.0. The van der Waals surface area contributed by atoms with Gasteiger partial charge in [0.1, 0.15) is 13.2 Å². The van der Waals surface area contributed by atoms with Gasteiger partial charge in [0, 0.05) is 6.42 Å². The first-order chi connectivity index (χ1) is 34.5. The molecule has 8 nitrogen and oxygen atoms in total. The Morgan fingerprint density at radius 1 is 0.507 bits per heavy atom. The molecule has 9 heteroatoms. The highest BCUT2D eigenvalue weighted by Gasteiger charge is 2.24. The molecule has 71 heavy (non-hydrogen) atoms. The van der Waals surface area contributed by atoms with Gasteiger partial charge in [0.2, 0.25) is 5.91 Å². The van der Waals surface area contributed by atoms with Crippen LogP contribution in [-0.2, 0) is 18.4 Å². The van der Waals surface area contributed by atoms with Crippen LogP contribution in [0.5, 0.6) is 0 Å². The Bertz CT molecular complexity index is 1290. The summed E-state index contributed by atoms with van der Waals surface area (Å²) in [5.41, 5.74) is 0. The monoisotopic (exact) mass is 1020 g/mol. The molecule has 0 aliphatic heterocycles. The third kappa shape index (κ3) is 56.0. The number of aliphatic hydroxyl groups excluding tert-OH is 1. The fourth-order valence-electron chi connectivity index (χ4n) is 9.09. The molecule has 0 aromatic heterocycles. The highest BCUT2D eigenvalue weighted by molar-refractivity contribution is 7.45. The molecule has 2 N–H and O–H groups in total. The standard InChI is InChI=1S/C62H119N2O6P/c1-6-8-10-12-14-16-18-20-22-23-24-25-26-27-28-29-30-31-32-33-34-35-36-37-38-39-40-41-42-44-46-48-50-52-54-56-62(66)63-60(59-70-71(67,68)69-58-57-64(3,4)5)61(65)55-53-51-49-47-45-43-21-19-17-15-13-11-9-7-2/h8,10,14,16,20,22,24-25,60-61,65H,6-7,9,11-13,15,17-19,21,23,26-59H2,1-5H3,(H-,63,66,67,68)/b10-8-,16-14-,22-20-,25-24-. The zero-order chi connectivity index (χ0) is 52.0. The molecule has 418 valence electrons. The number of nitrogens with one attached hydrogen (secondary N) is 1. The smallest absolute Gasteiger partial charge is 0.268 e. The second kappa shape index (κ2) is 53.3. The van der Waals surface area contributed by atoms with Gasteiger partial charge in [0.25, 0.3) is 7.82 Å². The molecule has 0 saturated carbocycles. The molecule has 3 unspecified atom stereocenters. The Hall–Kier alpha value is -1.54. The highest BCUT2D eigenvalue weighted by Crippen LogP contribution is 2.38. The van der Waals surface area contributed by atoms with Crippen LogP contribution >= 0.6 is 7.82 Å². The zero-order valence-corrected chi connectivity index (χ0v) is 48.6. The van der Waals surface area contributed by atoms with Gasteiger partial charge in [-0.25, -0.2) is 0 Å². The number of likely N-dealkylation sites (N-methyl/N-ethyl adjacent to an activating group) is 1. The lowest BCUT2D eigenvalue weighted by molar-refractivity contribution is -0.870. The van der Waals surface area contributed by atoms with E-state index in [4.69, 9.17) is 9.05 Å². The third-order valence-corrected chi connectivity index (χ3v) is 14.8. The molecule has 0 aliphatic carbocycles. The number of phosphoric acid groups is 1. The molecule has 0 rings (SSSR count). The highest BCUT2D eigenvalue weighted by atomic mass is 31.2. The number of allylic oxidation sites excluding steroid dienone is 8. The van der Waals surface area contributed by atoms with E-state index in [0.717, 1.165) is 64.2 Å².